The van der Waals surface area contributed by atoms with Crippen molar-refractivity contribution in [2.45, 2.75) is 0 Å². The fraction of sp³-hybridized carbons (Fsp3) is 0. The fourth-order valence-electron chi connectivity index (χ4n) is 2.42. The number of thioether (sulfide) groups is 12. The van der Waals surface area contributed by atoms with Crippen molar-refractivity contribution in [3.05, 3.63) is 88.3 Å². The molecule has 0 spiro atoms. The average Bonchev–Trinajstić information content (AvgIpc) is 3.62. The van der Waals surface area contributed by atoms with Crippen LogP contribution in [0.15, 0.2) is 88.3 Å². The molecule has 6 heterocycles. The topological polar surface area (TPSA) is 0 Å². The molecule has 152 valence electrons. The van der Waals surface area contributed by atoms with Crippen LogP contribution in [0.2, 0.25) is 0 Å². The third-order valence-corrected chi connectivity index (χ3v) is 19.4. The van der Waals surface area contributed by atoms with Crippen LogP contribution in [0, 0.1) is 0 Å². The van der Waals surface area contributed by atoms with Crippen molar-refractivity contribution in [3.63, 3.8) is 0 Å². The van der Waals surface area contributed by atoms with Crippen LogP contribution in [0.5, 0.6) is 0 Å². The first-order chi connectivity index (χ1) is 14.8. The first-order valence-corrected chi connectivity index (χ1v) is 18.5. The Kier molecular flexibility index (Phi) is 7.62. The van der Waals surface area contributed by atoms with E-state index in [1.807, 2.05) is 141 Å². The molecule has 0 bridgehead atoms. The van der Waals surface area contributed by atoms with Crippen LogP contribution in [0.1, 0.15) is 0 Å². The summed E-state index contributed by atoms with van der Waals surface area (Å²) in [6.45, 7) is 0. The van der Waals surface area contributed by atoms with Crippen LogP contribution in [0.4, 0.5) is 0 Å². The second-order valence-electron chi connectivity index (χ2n) is 5.55. The molecule has 0 saturated carbocycles. The summed E-state index contributed by atoms with van der Waals surface area (Å²) >= 11 is 22.6. The lowest BCUT2D eigenvalue weighted by Gasteiger charge is -2.05. The minimum Gasteiger partial charge on any atom is -0.0884 e. The Balaban J connectivity index is 1.08. The second-order valence-corrected chi connectivity index (χ2v) is 18.5. The van der Waals surface area contributed by atoms with E-state index in [2.05, 4.69) is 43.3 Å². The van der Waals surface area contributed by atoms with E-state index in [0.29, 0.717) is 0 Å². The van der Waals surface area contributed by atoms with Crippen molar-refractivity contribution in [2.75, 3.05) is 0 Å². The number of rotatable bonds is 2. The molecular weight excluding hydrogens is 601 g/mol. The highest BCUT2D eigenvalue weighted by molar-refractivity contribution is 8.37. The van der Waals surface area contributed by atoms with Gasteiger partial charge in [0.05, 0.1) is 25.4 Å². The minimum absolute atomic E-state index is 1.39. The van der Waals surface area contributed by atoms with Gasteiger partial charge in [-0.15, -0.1) is 0 Å². The zero-order chi connectivity index (χ0) is 19.9. The number of hydrogen-bond donors (Lipinski definition) is 0. The summed E-state index contributed by atoms with van der Waals surface area (Å²) in [6.07, 6.45) is 0. The zero-order valence-electron chi connectivity index (χ0n) is 14.5. The highest BCUT2D eigenvalue weighted by Crippen LogP contribution is 2.64. The van der Waals surface area contributed by atoms with E-state index in [0.717, 1.165) is 0 Å². The van der Waals surface area contributed by atoms with E-state index in [4.69, 9.17) is 0 Å². The third-order valence-electron chi connectivity index (χ3n) is 3.70. The monoisotopic (exact) mass is 608 g/mol. The summed E-state index contributed by atoms with van der Waals surface area (Å²) in [5.74, 6) is 0. The molecule has 0 radical (unpaired) electrons. The van der Waals surface area contributed by atoms with Crippen molar-refractivity contribution in [1.29, 1.82) is 0 Å². The molecule has 0 nitrogen and oxygen atoms in total. The van der Waals surface area contributed by atoms with E-state index in [1.165, 1.54) is 45.0 Å². The molecule has 6 rings (SSSR count). The molecule has 0 fully saturated rings. The molecule has 0 unspecified atom stereocenters. The van der Waals surface area contributed by atoms with Gasteiger partial charge < -0.3 is 0 Å². The zero-order valence-corrected chi connectivity index (χ0v) is 24.3. The molecular formula is C18H8S12. The standard InChI is InChI=1S/C18H8S12/c1-2-20-13(19-1)15-23-5-9(27-15)11-7-25-17(29-11)18-26-8-12(30-18)10-6-24-16(28-10)14-21-3-4-22-14/h1-8H/b18-17+. The van der Waals surface area contributed by atoms with Gasteiger partial charge in [0.2, 0.25) is 0 Å². The highest BCUT2D eigenvalue weighted by Gasteiger charge is 2.29. The van der Waals surface area contributed by atoms with Crippen LogP contribution in [0.25, 0.3) is 0 Å². The first kappa shape index (κ1) is 22.3. The molecule has 0 saturated heterocycles. The SMILES string of the molecule is C1=CSC(=C2SC=C(C3=CS/C(=C4/SC=C(C5=CSC(=C6SC=CS6)S5)S4)S3)S2)S1. The Morgan fingerprint density at radius 2 is 0.567 bits per heavy atom. The summed E-state index contributed by atoms with van der Waals surface area (Å²) in [5.41, 5.74) is 0. The summed E-state index contributed by atoms with van der Waals surface area (Å²) in [7, 11) is 0. The Bertz CT molecular complexity index is 988. The lowest BCUT2D eigenvalue weighted by Crippen LogP contribution is -1.75. The van der Waals surface area contributed by atoms with Crippen LogP contribution in [-0.4, -0.2) is 0 Å². The molecule has 6 aliphatic rings. The van der Waals surface area contributed by atoms with Crippen molar-refractivity contribution in [1.82, 2.24) is 0 Å². The molecule has 30 heavy (non-hydrogen) atoms. The van der Waals surface area contributed by atoms with Gasteiger partial charge in [-0.2, -0.15) is 0 Å². The van der Waals surface area contributed by atoms with E-state index in [-0.39, 0.29) is 0 Å². The minimum atomic E-state index is 1.39. The van der Waals surface area contributed by atoms with Gasteiger partial charge in [0.15, 0.2) is 0 Å². The van der Waals surface area contributed by atoms with Crippen molar-refractivity contribution >= 4 is 141 Å². The fourth-order valence-corrected chi connectivity index (χ4v) is 16.7. The molecule has 0 N–H and O–H groups in total. The van der Waals surface area contributed by atoms with Crippen LogP contribution >= 0.6 is 141 Å². The Morgan fingerprint density at radius 1 is 0.300 bits per heavy atom. The largest absolute Gasteiger partial charge is 0.0884 e. The smallest absolute Gasteiger partial charge is 0.0700 e. The maximum absolute atomic E-state index is 2.33. The predicted octanol–water partition coefficient (Wildman–Crippen LogP) is 11.6. The Morgan fingerprint density at radius 3 is 0.867 bits per heavy atom. The van der Waals surface area contributed by atoms with Crippen molar-refractivity contribution in [2.24, 2.45) is 0 Å². The first-order valence-electron chi connectivity index (χ1n) is 8.22. The van der Waals surface area contributed by atoms with Crippen LogP contribution in [-0.2, 0) is 0 Å². The molecule has 0 aliphatic carbocycles. The van der Waals surface area contributed by atoms with Gasteiger partial charge in [0.25, 0.3) is 0 Å². The van der Waals surface area contributed by atoms with E-state index in [1.54, 1.807) is 0 Å². The molecule has 0 atom stereocenters. The van der Waals surface area contributed by atoms with E-state index >= 15 is 0 Å². The number of hydrogen-bond acceptors (Lipinski definition) is 12. The van der Waals surface area contributed by atoms with Crippen molar-refractivity contribution < 1.29 is 0 Å². The molecule has 0 aromatic rings. The maximum atomic E-state index is 2.33. The van der Waals surface area contributed by atoms with Gasteiger partial charge in [-0.25, -0.2) is 0 Å². The van der Waals surface area contributed by atoms with Crippen molar-refractivity contribution in [3.8, 4) is 0 Å². The molecule has 0 amide bonds. The van der Waals surface area contributed by atoms with E-state index in [9.17, 15) is 0 Å². The molecule has 12 heteroatoms. The van der Waals surface area contributed by atoms with Crippen LogP contribution in [0.3, 0.4) is 0 Å². The molecule has 0 aromatic carbocycles. The van der Waals surface area contributed by atoms with E-state index < -0.39 is 0 Å². The average molecular weight is 609 g/mol. The summed E-state index contributed by atoms with van der Waals surface area (Å²) in [4.78, 5) is 5.58. The maximum Gasteiger partial charge on any atom is 0.0700 e. The Hall–Kier alpha value is 1.86. The summed E-state index contributed by atoms with van der Waals surface area (Å²) < 4.78 is 8.53. The van der Waals surface area contributed by atoms with Gasteiger partial charge in [0.1, 0.15) is 0 Å². The normalized spacial score (nSPS) is 28.3. The summed E-state index contributed by atoms with van der Waals surface area (Å²) in [5, 5.41) is 18.0. The highest BCUT2D eigenvalue weighted by atomic mass is 32.2. The molecule has 6 aliphatic heterocycles. The lowest BCUT2D eigenvalue weighted by molar-refractivity contribution is 1.96. The summed E-state index contributed by atoms with van der Waals surface area (Å²) in [6, 6.07) is 0. The van der Waals surface area contributed by atoms with Gasteiger partial charge in [-0.1, -0.05) is 141 Å². The lowest BCUT2D eigenvalue weighted by atomic mass is 10.6. The van der Waals surface area contributed by atoms with Gasteiger partial charge in [0, 0.05) is 19.6 Å². The van der Waals surface area contributed by atoms with Gasteiger partial charge in [-0.05, 0) is 43.3 Å². The van der Waals surface area contributed by atoms with Gasteiger partial charge >= 0.3 is 0 Å². The van der Waals surface area contributed by atoms with Gasteiger partial charge in [-0.3, -0.25) is 0 Å². The quantitative estimate of drug-likeness (QED) is 0.293. The second kappa shape index (κ2) is 10.2. The Labute approximate surface area is 226 Å². The third kappa shape index (κ3) is 4.82. The van der Waals surface area contributed by atoms with Crippen LogP contribution < -0.4 is 0 Å². The molecule has 0 aromatic heterocycles. The predicted molar refractivity (Wildman–Crippen MR) is 163 cm³/mol.